The quantitative estimate of drug-likeness (QED) is 0.184. The van der Waals surface area contributed by atoms with Crippen molar-refractivity contribution in [1.29, 1.82) is 0 Å². The molecule has 0 radical (unpaired) electrons. The lowest BCUT2D eigenvalue weighted by Crippen LogP contribution is -2.28. The van der Waals surface area contributed by atoms with Gasteiger partial charge in [-0.1, -0.05) is 210 Å². The first-order chi connectivity index (χ1) is 28.4. The van der Waals surface area contributed by atoms with Crippen LogP contribution in [0.5, 0.6) is 11.5 Å². The van der Waals surface area contributed by atoms with E-state index in [1.165, 1.54) is 68.5 Å². The van der Waals surface area contributed by atoms with Crippen LogP contribution in [-0.4, -0.2) is 10.2 Å². The van der Waals surface area contributed by atoms with Crippen molar-refractivity contribution in [2.75, 3.05) is 0 Å². The van der Waals surface area contributed by atoms with E-state index in [2.05, 4.69) is 198 Å². The molecule has 0 saturated heterocycles. The van der Waals surface area contributed by atoms with Crippen LogP contribution in [-0.2, 0) is 10.8 Å². The van der Waals surface area contributed by atoms with Gasteiger partial charge >= 0.3 is 0 Å². The fraction of sp³-hybridized carbons (Fsp3) is 0.143. The molecule has 10 rings (SSSR count). The van der Waals surface area contributed by atoms with Crippen LogP contribution >= 0.6 is 0 Å². The van der Waals surface area contributed by atoms with Gasteiger partial charge < -0.3 is 10.2 Å². The number of hydrogen-bond donors (Lipinski definition) is 2. The zero-order chi connectivity index (χ0) is 40.3. The van der Waals surface area contributed by atoms with Crippen molar-refractivity contribution in [3.05, 3.63) is 239 Å². The molecule has 0 fully saturated rings. The van der Waals surface area contributed by atoms with Crippen LogP contribution in [0, 0.1) is 0 Å². The molecule has 2 N–H and O–H groups in total. The molecule has 2 aliphatic rings. The Balaban J connectivity index is 0.000000740. The Kier molecular flexibility index (Phi) is 10.6. The van der Waals surface area contributed by atoms with Gasteiger partial charge in [0.2, 0.25) is 0 Å². The van der Waals surface area contributed by atoms with Crippen molar-refractivity contribution in [1.82, 2.24) is 0 Å². The average molecular weight is 755 g/mol. The summed E-state index contributed by atoms with van der Waals surface area (Å²) in [7, 11) is 0. The Morgan fingerprint density at radius 2 is 0.500 bits per heavy atom. The first-order valence-corrected chi connectivity index (χ1v) is 20.6. The zero-order valence-corrected chi connectivity index (χ0v) is 33.8. The first kappa shape index (κ1) is 38.2. The topological polar surface area (TPSA) is 40.5 Å². The van der Waals surface area contributed by atoms with Gasteiger partial charge in [-0.05, 0) is 102 Å². The number of rotatable bonds is 5. The normalized spacial score (nSPS) is 13.4. The van der Waals surface area contributed by atoms with Crippen LogP contribution in [0.2, 0.25) is 0 Å². The number of fused-ring (bicyclic) bond motifs is 6. The van der Waals surface area contributed by atoms with Gasteiger partial charge in [0.1, 0.15) is 11.5 Å². The van der Waals surface area contributed by atoms with E-state index < -0.39 is 10.8 Å². The van der Waals surface area contributed by atoms with E-state index in [0.717, 1.165) is 22.3 Å². The van der Waals surface area contributed by atoms with Gasteiger partial charge in [0, 0.05) is 0 Å². The molecule has 0 atom stereocenters. The number of hydrogen-bond acceptors (Lipinski definition) is 2. The number of phenols is 2. The van der Waals surface area contributed by atoms with E-state index in [9.17, 15) is 10.2 Å². The van der Waals surface area contributed by atoms with Crippen molar-refractivity contribution in [2.24, 2.45) is 0 Å². The summed E-state index contributed by atoms with van der Waals surface area (Å²) < 4.78 is 0. The second-order valence-electron chi connectivity index (χ2n) is 15.3. The van der Waals surface area contributed by atoms with Gasteiger partial charge in [-0.15, -0.1) is 0 Å². The highest BCUT2D eigenvalue weighted by molar-refractivity contribution is 5.88. The molecule has 0 amide bonds. The van der Waals surface area contributed by atoms with Crippen LogP contribution in [0.25, 0.3) is 33.4 Å². The third-order valence-corrected chi connectivity index (χ3v) is 11.5. The summed E-state index contributed by atoms with van der Waals surface area (Å²) in [6.07, 6.45) is 2.50. The maximum absolute atomic E-state index is 10.3. The van der Waals surface area contributed by atoms with Crippen molar-refractivity contribution in [2.45, 2.75) is 51.4 Å². The van der Waals surface area contributed by atoms with Crippen molar-refractivity contribution in [3.8, 4) is 44.9 Å². The molecule has 0 saturated carbocycles. The standard InChI is InChI=1S/C50H34O2.2C3H8/c51-39-29-25-37(26-30-39)49(45-13-5-1-9-41(45)42-10-2-6-14-46(42)49)35-21-17-33(18-22-35)34-19-23-36(24-20-34)50(38-27-31-40(52)32-28-38)47-15-7-3-11-43(47)44-12-4-8-16-48(44)50;2*1-3-2/h1-32,51-52H;2*3H2,1-2H3. The molecule has 0 heterocycles. The second-order valence-corrected chi connectivity index (χ2v) is 15.3. The summed E-state index contributed by atoms with van der Waals surface area (Å²) >= 11 is 0. The van der Waals surface area contributed by atoms with Crippen molar-refractivity contribution in [3.63, 3.8) is 0 Å². The van der Waals surface area contributed by atoms with Gasteiger partial charge in [-0.2, -0.15) is 0 Å². The van der Waals surface area contributed by atoms with Gasteiger partial charge in [0.25, 0.3) is 0 Å². The smallest absolute Gasteiger partial charge is 0.115 e. The summed E-state index contributed by atoms with van der Waals surface area (Å²) in [6.45, 7) is 8.50. The van der Waals surface area contributed by atoms with E-state index >= 15 is 0 Å². The van der Waals surface area contributed by atoms with Gasteiger partial charge in [-0.3, -0.25) is 0 Å². The molecule has 0 aliphatic heterocycles. The number of aromatic hydroxyl groups is 2. The van der Waals surface area contributed by atoms with Crippen LogP contribution in [0.15, 0.2) is 194 Å². The lowest BCUT2D eigenvalue weighted by atomic mass is 9.67. The Bertz CT molecular complexity index is 2370. The van der Waals surface area contributed by atoms with Crippen LogP contribution in [0.1, 0.15) is 85.0 Å². The van der Waals surface area contributed by atoms with E-state index in [4.69, 9.17) is 0 Å². The second kappa shape index (κ2) is 16.1. The molecule has 0 unspecified atom stereocenters. The summed E-state index contributed by atoms with van der Waals surface area (Å²) in [5, 5.41) is 20.5. The maximum atomic E-state index is 10.3. The molecular formula is C56H50O2. The van der Waals surface area contributed by atoms with Crippen LogP contribution in [0.4, 0.5) is 0 Å². The minimum Gasteiger partial charge on any atom is -0.508 e. The lowest BCUT2D eigenvalue weighted by molar-refractivity contribution is 0.474. The van der Waals surface area contributed by atoms with Crippen LogP contribution < -0.4 is 0 Å². The molecule has 58 heavy (non-hydrogen) atoms. The molecule has 2 nitrogen and oxygen atoms in total. The Morgan fingerprint density at radius 1 is 0.293 bits per heavy atom. The van der Waals surface area contributed by atoms with Gasteiger partial charge in [0.15, 0.2) is 0 Å². The predicted octanol–water partition coefficient (Wildman–Crippen LogP) is 14.3. The number of phenolic OH excluding ortho intramolecular Hbond substituents is 2. The molecule has 8 aromatic rings. The average Bonchev–Trinajstić information content (AvgIpc) is 3.74. The minimum absolute atomic E-state index is 0.258. The zero-order valence-electron chi connectivity index (χ0n) is 33.8. The summed E-state index contributed by atoms with van der Waals surface area (Å²) in [5.74, 6) is 0.517. The van der Waals surface area contributed by atoms with E-state index in [0.29, 0.717) is 0 Å². The fourth-order valence-electron chi connectivity index (χ4n) is 9.30. The lowest BCUT2D eigenvalue weighted by Gasteiger charge is -2.34. The first-order valence-electron chi connectivity index (χ1n) is 20.6. The van der Waals surface area contributed by atoms with E-state index in [-0.39, 0.29) is 11.5 Å². The summed E-state index contributed by atoms with van der Waals surface area (Å²) in [6, 6.07) is 68.3. The molecular weight excluding hydrogens is 705 g/mol. The monoisotopic (exact) mass is 754 g/mol. The van der Waals surface area contributed by atoms with Crippen molar-refractivity contribution >= 4 is 0 Å². The van der Waals surface area contributed by atoms with E-state index in [1.807, 2.05) is 0 Å². The Labute approximate surface area is 343 Å². The third kappa shape index (κ3) is 6.12. The molecule has 0 bridgehead atoms. The largest absolute Gasteiger partial charge is 0.508 e. The molecule has 286 valence electrons. The highest BCUT2D eigenvalue weighted by atomic mass is 16.3. The van der Waals surface area contributed by atoms with Crippen LogP contribution in [0.3, 0.4) is 0 Å². The molecule has 8 aromatic carbocycles. The van der Waals surface area contributed by atoms with Gasteiger partial charge in [-0.25, -0.2) is 0 Å². The molecule has 2 heteroatoms. The van der Waals surface area contributed by atoms with Crippen molar-refractivity contribution < 1.29 is 10.2 Å². The summed E-state index contributed by atoms with van der Waals surface area (Å²) in [4.78, 5) is 0. The fourth-order valence-corrected chi connectivity index (χ4v) is 9.30. The number of benzene rings is 8. The predicted molar refractivity (Wildman–Crippen MR) is 242 cm³/mol. The van der Waals surface area contributed by atoms with Gasteiger partial charge in [0.05, 0.1) is 10.8 Å². The molecule has 2 aliphatic carbocycles. The summed E-state index contributed by atoms with van der Waals surface area (Å²) in [5.41, 5.74) is 15.8. The minimum atomic E-state index is -0.525. The molecule has 0 spiro atoms. The SMILES string of the molecule is CCC.CCC.Oc1ccc(C2(c3ccc(-c4ccc(C5(c6ccc(O)cc6)c6ccccc6-c6ccccc65)cc4)cc3)c3ccccc3-c3ccccc32)cc1. The maximum Gasteiger partial charge on any atom is 0.115 e. The highest BCUT2D eigenvalue weighted by Gasteiger charge is 2.47. The molecule has 0 aromatic heterocycles. The highest BCUT2D eigenvalue weighted by Crippen LogP contribution is 2.58. The Hall–Kier alpha value is -6.64. The van der Waals surface area contributed by atoms with E-state index in [1.54, 1.807) is 24.3 Å². The Morgan fingerprint density at radius 3 is 0.741 bits per heavy atom. The third-order valence-electron chi connectivity index (χ3n) is 11.5.